The molecule has 0 saturated carbocycles. The number of rotatable bonds is 7. The minimum atomic E-state index is 0.0616. The zero-order valence-electron chi connectivity index (χ0n) is 12.5. The fraction of sp³-hybridized carbons (Fsp3) is 0.714. The molecule has 0 radical (unpaired) electrons. The van der Waals surface area contributed by atoms with E-state index in [2.05, 4.69) is 24.3 Å². The number of hydrogen-bond acceptors (Lipinski definition) is 3. The van der Waals surface area contributed by atoms with Crippen LogP contribution in [0.3, 0.4) is 0 Å². The van der Waals surface area contributed by atoms with Crippen LogP contribution in [0.25, 0.3) is 0 Å². The third kappa shape index (κ3) is 4.35. The fourth-order valence-electron chi connectivity index (χ4n) is 2.16. The molecule has 0 spiro atoms. The van der Waals surface area contributed by atoms with Crippen molar-refractivity contribution in [1.29, 1.82) is 0 Å². The second-order valence-corrected chi connectivity index (χ2v) is 5.23. The lowest BCUT2D eigenvalue weighted by Crippen LogP contribution is -2.13. The van der Waals surface area contributed by atoms with Gasteiger partial charge in [0, 0.05) is 12.5 Å². The lowest BCUT2D eigenvalue weighted by molar-refractivity contribution is -0.116. The Balaban J connectivity index is 2.59. The summed E-state index contributed by atoms with van der Waals surface area (Å²) in [5.41, 5.74) is 8.18. The Morgan fingerprint density at radius 2 is 2.00 bits per heavy atom. The third-order valence-electron chi connectivity index (χ3n) is 3.19. The van der Waals surface area contributed by atoms with Crippen LogP contribution < -0.4 is 11.1 Å². The molecule has 0 bridgehead atoms. The van der Waals surface area contributed by atoms with E-state index in [4.69, 9.17) is 5.73 Å². The summed E-state index contributed by atoms with van der Waals surface area (Å²) < 4.78 is 1.94. The standard InChI is InChI=1S/C14H26N4O/c1-10(2)18-12(4)14(11(3)17-18)16-13(19)8-6-5-7-9-15/h10H,5-9,15H2,1-4H3,(H,16,19). The van der Waals surface area contributed by atoms with Gasteiger partial charge in [-0.05, 0) is 47.1 Å². The molecule has 0 aliphatic heterocycles. The van der Waals surface area contributed by atoms with Crippen molar-refractivity contribution in [2.75, 3.05) is 11.9 Å². The molecule has 19 heavy (non-hydrogen) atoms. The van der Waals surface area contributed by atoms with E-state index in [1.54, 1.807) is 0 Å². The van der Waals surface area contributed by atoms with Crippen LogP contribution in [0.1, 0.15) is 57.0 Å². The summed E-state index contributed by atoms with van der Waals surface area (Å²) in [7, 11) is 0. The minimum absolute atomic E-state index is 0.0616. The number of aromatic nitrogens is 2. The lowest BCUT2D eigenvalue weighted by Gasteiger charge is -2.09. The Hall–Kier alpha value is -1.36. The SMILES string of the molecule is Cc1nn(C(C)C)c(C)c1NC(=O)CCCCCN. The van der Waals surface area contributed by atoms with E-state index in [9.17, 15) is 4.79 Å². The van der Waals surface area contributed by atoms with E-state index in [0.717, 1.165) is 36.3 Å². The van der Waals surface area contributed by atoms with E-state index in [0.29, 0.717) is 19.0 Å². The van der Waals surface area contributed by atoms with Crippen LogP contribution in [-0.4, -0.2) is 22.2 Å². The summed E-state index contributed by atoms with van der Waals surface area (Å²) in [6.07, 6.45) is 3.43. The lowest BCUT2D eigenvalue weighted by atomic mass is 10.2. The van der Waals surface area contributed by atoms with Gasteiger partial charge in [0.25, 0.3) is 0 Å². The summed E-state index contributed by atoms with van der Waals surface area (Å²) >= 11 is 0. The molecule has 1 rings (SSSR count). The second kappa shape index (κ2) is 7.28. The van der Waals surface area contributed by atoms with Gasteiger partial charge in [0.2, 0.25) is 5.91 Å². The number of nitrogens with zero attached hydrogens (tertiary/aromatic N) is 2. The van der Waals surface area contributed by atoms with Crippen molar-refractivity contribution in [3.05, 3.63) is 11.4 Å². The van der Waals surface area contributed by atoms with Crippen molar-refractivity contribution in [1.82, 2.24) is 9.78 Å². The van der Waals surface area contributed by atoms with E-state index in [1.165, 1.54) is 0 Å². The van der Waals surface area contributed by atoms with Crippen molar-refractivity contribution in [2.24, 2.45) is 5.73 Å². The smallest absolute Gasteiger partial charge is 0.224 e. The molecule has 5 nitrogen and oxygen atoms in total. The molecule has 0 aliphatic rings. The van der Waals surface area contributed by atoms with Gasteiger partial charge in [0.1, 0.15) is 0 Å². The molecular formula is C14H26N4O. The zero-order chi connectivity index (χ0) is 14.4. The van der Waals surface area contributed by atoms with Crippen molar-refractivity contribution < 1.29 is 4.79 Å². The summed E-state index contributed by atoms with van der Waals surface area (Å²) in [5.74, 6) is 0.0616. The van der Waals surface area contributed by atoms with Crippen LogP contribution in [0.5, 0.6) is 0 Å². The van der Waals surface area contributed by atoms with Gasteiger partial charge in [-0.2, -0.15) is 5.10 Å². The first-order valence-electron chi connectivity index (χ1n) is 7.03. The monoisotopic (exact) mass is 266 g/mol. The van der Waals surface area contributed by atoms with Gasteiger partial charge >= 0.3 is 0 Å². The number of hydrogen-bond donors (Lipinski definition) is 2. The summed E-state index contributed by atoms with van der Waals surface area (Å²) in [6.45, 7) is 8.77. The van der Waals surface area contributed by atoms with Crippen molar-refractivity contribution in [3.8, 4) is 0 Å². The van der Waals surface area contributed by atoms with Gasteiger partial charge in [-0.25, -0.2) is 0 Å². The van der Waals surface area contributed by atoms with Gasteiger partial charge in [0.05, 0.1) is 17.1 Å². The van der Waals surface area contributed by atoms with Crippen LogP contribution in [0.4, 0.5) is 5.69 Å². The topological polar surface area (TPSA) is 72.9 Å². The first kappa shape index (κ1) is 15.7. The number of anilines is 1. The number of unbranched alkanes of at least 4 members (excludes halogenated alkanes) is 2. The van der Waals surface area contributed by atoms with Gasteiger partial charge < -0.3 is 11.1 Å². The molecule has 1 aromatic heterocycles. The van der Waals surface area contributed by atoms with Gasteiger partial charge in [-0.1, -0.05) is 6.42 Å². The first-order chi connectivity index (χ1) is 8.97. The maximum atomic E-state index is 11.9. The highest BCUT2D eigenvalue weighted by atomic mass is 16.1. The minimum Gasteiger partial charge on any atom is -0.330 e. The average molecular weight is 266 g/mol. The Labute approximate surface area is 115 Å². The van der Waals surface area contributed by atoms with Gasteiger partial charge in [-0.15, -0.1) is 0 Å². The van der Waals surface area contributed by atoms with Gasteiger partial charge in [0.15, 0.2) is 0 Å². The summed E-state index contributed by atoms with van der Waals surface area (Å²) in [4.78, 5) is 11.9. The van der Waals surface area contributed by atoms with E-state index in [1.807, 2.05) is 18.5 Å². The molecule has 3 N–H and O–H groups in total. The van der Waals surface area contributed by atoms with E-state index < -0.39 is 0 Å². The molecule has 0 fully saturated rings. The molecule has 1 heterocycles. The fourth-order valence-corrected chi connectivity index (χ4v) is 2.16. The second-order valence-electron chi connectivity index (χ2n) is 5.23. The summed E-state index contributed by atoms with van der Waals surface area (Å²) in [6, 6.07) is 0.300. The Bertz CT molecular complexity index is 423. The van der Waals surface area contributed by atoms with Crippen molar-refractivity contribution in [2.45, 2.75) is 59.4 Å². The highest BCUT2D eigenvalue weighted by Crippen LogP contribution is 2.22. The molecule has 0 unspecified atom stereocenters. The molecule has 1 amide bonds. The third-order valence-corrected chi connectivity index (χ3v) is 3.19. The highest BCUT2D eigenvalue weighted by Gasteiger charge is 2.15. The quantitative estimate of drug-likeness (QED) is 0.745. The Morgan fingerprint density at radius 1 is 1.32 bits per heavy atom. The molecule has 5 heteroatoms. The van der Waals surface area contributed by atoms with Crippen LogP contribution >= 0.6 is 0 Å². The Morgan fingerprint density at radius 3 is 2.53 bits per heavy atom. The molecule has 108 valence electrons. The largest absolute Gasteiger partial charge is 0.330 e. The molecule has 0 aromatic carbocycles. The number of nitrogens with one attached hydrogen (secondary N) is 1. The summed E-state index contributed by atoms with van der Waals surface area (Å²) in [5, 5.41) is 7.44. The number of carbonyl (C=O) groups excluding carboxylic acids is 1. The molecule has 0 aliphatic carbocycles. The van der Waals surface area contributed by atoms with Crippen LogP contribution in [0.15, 0.2) is 0 Å². The maximum absolute atomic E-state index is 11.9. The predicted molar refractivity (Wildman–Crippen MR) is 78.2 cm³/mol. The molecule has 1 aromatic rings. The van der Waals surface area contributed by atoms with E-state index >= 15 is 0 Å². The van der Waals surface area contributed by atoms with Crippen LogP contribution in [0, 0.1) is 13.8 Å². The number of aryl methyl sites for hydroxylation is 1. The van der Waals surface area contributed by atoms with E-state index in [-0.39, 0.29) is 5.91 Å². The molecule has 0 saturated heterocycles. The normalized spacial score (nSPS) is 11.1. The first-order valence-corrected chi connectivity index (χ1v) is 7.03. The Kier molecular flexibility index (Phi) is 6.02. The van der Waals surface area contributed by atoms with Crippen LogP contribution in [0.2, 0.25) is 0 Å². The number of carbonyl (C=O) groups is 1. The zero-order valence-corrected chi connectivity index (χ0v) is 12.5. The average Bonchev–Trinajstić information content (AvgIpc) is 2.63. The van der Waals surface area contributed by atoms with Gasteiger partial charge in [-0.3, -0.25) is 9.48 Å². The predicted octanol–water partition coefficient (Wildman–Crippen LogP) is 2.54. The van der Waals surface area contributed by atoms with Crippen LogP contribution in [-0.2, 0) is 4.79 Å². The molecule has 0 atom stereocenters. The van der Waals surface area contributed by atoms with Crippen molar-refractivity contribution >= 4 is 11.6 Å². The number of nitrogens with two attached hydrogens (primary N) is 1. The van der Waals surface area contributed by atoms with Crippen molar-refractivity contribution in [3.63, 3.8) is 0 Å². The highest BCUT2D eigenvalue weighted by molar-refractivity contribution is 5.91. The maximum Gasteiger partial charge on any atom is 0.224 e. The number of amides is 1. The molecular weight excluding hydrogens is 240 g/mol.